The van der Waals surface area contributed by atoms with Crippen LogP contribution in [0.2, 0.25) is 0 Å². The molecule has 0 rings (SSSR count). The van der Waals surface area contributed by atoms with Crippen molar-refractivity contribution in [2.75, 3.05) is 36.2 Å². The Balaban J connectivity index is 0. The van der Waals surface area contributed by atoms with E-state index in [9.17, 15) is 0 Å². The molecule has 0 aliphatic heterocycles. The average Bonchev–Trinajstić information content (AvgIpc) is 2.31. The minimum atomic E-state index is -0.821. The van der Waals surface area contributed by atoms with E-state index >= 15 is 0 Å². The van der Waals surface area contributed by atoms with Crippen molar-refractivity contribution < 1.29 is 28.4 Å². The molecule has 0 aliphatic carbocycles. The van der Waals surface area contributed by atoms with Gasteiger partial charge in [0.15, 0.2) is 0 Å². The quantitative estimate of drug-likeness (QED) is 0.637. The van der Waals surface area contributed by atoms with Gasteiger partial charge in [-0.2, -0.15) is 0 Å². The summed E-state index contributed by atoms with van der Waals surface area (Å²) in [5, 5.41) is 0. The Kier molecular flexibility index (Phi) is 20.0. The molecule has 0 fully saturated rings. The fourth-order valence-electron chi connectivity index (χ4n) is 0.706. The van der Waals surface area contributed by atoms with Gasteiger partial charge >= 0.3 is 85.4 Å². The Morgan fingerprint density at radius 1 is 0.667 bits per heavy atom. The van der Waals surface area contributed by atoms with Crippen LogP contribution in [0.1, 0.15) is 34.6 Å². The van der Waals surface area contributed by atoms with E-state index in [0.717, 1.165) is 36.2 Å². The van der Waals surface area contributed by atoms with E-state index in [-0.39, 0.29) is 0 Å². The van der Waals surface area contributed by atoms with Crippen LogP contribution in [-0.2, 0) is 28.4 Å². The maximum atomic E-state index is 5.39. The van der Waals surface area contributed by atoms with E-state index < -0.39 is 14.1 Å². The van der Waals surface area contributed by atoms with Crippen molar-refractivity contribution in [1.29, 1.82) is 0 Å². The zero-order valence-electron chi connectivity index (χ0n) is 10.9. The molecule has 4 heteroatoms. The molecular formula is C11H27CrO3. The van der Waals surface area contributed by atoms with Crippen molar-refractivity contribution in [3.05, 3.63) is 0 Å². The molecule has 95 valence electrons. The van der Waals surface area contributed by atoms with Gasteiger partial charge in [0.05, 0.1) is 0 Å². The van der Waals surface area contributed by atoms with Crippen LogP contribution >= 0.6 is 0 Å². The maximum absolute atomic E-state index is 5.39. The number of ether oxygens (including phenoxy) is 3. The second kappa shape index (κ2) is 16.8. The van der Waals surface area contributed by atoms with Crippen LogP contribution < -0.4 is 0 Å². The molecule has 0 heterocycles. The molecule has 15 heavy (non-hydrogen) atoms. The van der Waals surface area contributed by atoms with Crippen LogP contribution in [0.15, 0.2) is 0 Å². The number of hydrogen-bond acceptors (Lipinski definition) is 3. The zero-order valence-corrected chi connectivity index (χ0v) is 12.2. The molecule has 0 aromatic carbocycles. The Morgan fingerprint density at radius 3 is 1.13 bits per heavy atom. The van der Waals surface area contributed by atoms with Crippen LogP contribution in [0, 0.1) is 0 Å². The topological polar surface area (TPSA) is 27.7 Å². The first-order valence-electron chi connectivity index (χ1n) is 5.72. The molecule has 0 aliphatic rings. The summed E-state index contributed by atoms with van der Waals surface area (Å²) in [6, 6.07) is 0. The number of rotatable bonds is 9. The summed E-state index contributed by atoms with van der Waals surface area (Å²) in [7, 11) is 0. The van der Waals surface area contributed by atoms with Gasteiger partial charge in [-0.05, 0) is 0 Å². The molecule has 0 saturated heterocycles. The SMILES string of the molecule is CC.CCO[CH2][Cr]([CH2]OCC)[CH2]OCC. The van der Waals surface area contributed by atoms with Crippen LogP contribution in [0.25, 0.3) is 0 Å². The monoisotopic (exact) mass is 259 g/mol. The van der Waals surface area contributed by atoms with E-state index in [1.54, 1.807) is 0 Å². The molecule has 0 saturated carbocycles. The first kappa shape index (κ1) is 17.8. The summed E-state index contributed by atoms with van der Waals surface area (Å²) in [6.45, 7) is 12.4. The van der Waals surface area contributed by atoms with Gasteiger partial charge < -0.3 is 0 Å². The van der Waals surface area contributed by atoms with Crippen LogP contribution in [-0.4, -0.2) is 36.2 Å². The molecule has 0 radical (unpaired) electrons. The molecule has 0 N–H and O–H groups in total. The van der Waals surface area contributed by atoms with E-state index in [1.807, 2.05) is 34.6 Å². The third-order valence-electron chi connectivity index (χ3n) is 1.36. The Bertz CT molecular complexity index is 82.8. The second-order valence-electron chi connectivity index (χ2n) is 2.44. The van der Waals surface area contributed by atoms with Crippen molar-refractivity contribution in [1.82, 2.24) is 0 Å². The standard InChI is InChI=1S/3C3H7O.C2H6.Cr/c3*1-3-4-2;1-2;/h3*2-3H2,1H3;1-2H3;. The van der Waals surface area contributed by atoms with Gasteiger partial charge in [0.2, 0.25) is 0 Å². The van der Waals surface area contributed by atoms with Crippen LogP contribution in [0.3, 0.4) is 0 Å². The predicted molar refractivity (Wildman–Crippen MR) is 60.8 cm³/mol. The average molecular weight is 259 g/mol. The molecule has 0 amide bonds. The molecule has 0 spiro atoms. The molecule has 0 atom stereocenters. The van der Waals surface area contributed by atoms with Gasteiger partial charge in [0.1, 0.15) is 0 Å². The fourth-order valence-corrected chi connectivity index (χ4v) is 2.91. The van der Waals surface area contributed by atoms with E-state index in [0.29, 0.717) is 0 Å². The first-order chi connectivity index (χ1) is 7.35. The summed E-state index contributed by atoms with van der Waals surface area (Å²) in [4.78, 5) is 0. The molecule has 3 nitrogen and oxygen atoms in total. The zero-order chi connectivity index (χ0) is 11.9. The minimum absolute atomic E-state index is 0.790. The van der Waals surface area contributed by atoms with Gasteiger partial charge in [-0.25, -0.2) is 0 Å². The summed E-state index contributed by atoms with van der Waals surface area (Å²) >= 11 is -0.821. The van der Waals surface area contributed by atoms with Crippen molar-refractivity contribution in [3.8, 4) is 0 Å². The molecule has 0 aromatic heterocycles. The Hall–Kier alpha value is 0.412. The Morgan fingerprint density at radius 2 is 0.933 bits per heavy atom. The normalized spacial score (nSPS) is 10.0. The van der Waals surface area contributed by atoms with Gasteiger partial charge in [0.25, 0.3) is 0 Å². The summed E-state index contributed by atoms with van der Waals surface area (Å²) < 4.78 is 16.2. The number of hydrogen-bond donors (Lipinski definition) is 0. The molecular weight excluding hydrogens is 232 g/mol. The van der Waals surface area contributed by atoms with Gasteiger partial charge in [-0.15, -0.1) is 0 Å². The van der Waals surface area contributed by atoms with Crippen molar-refractivity contribution in [3.63, 3.8) is 0 Å². The van der Waals surface area contributed by atoms with Crippen molar-refractivity contribution in [2.45, 2.75) is 34.6 Å². The second-order valence-corrected chi connectivity index (χ2v) is 5.46. The predicted octanol–water partition coefficient (Wildman–Crippen LogP) is 2.61. The third kappa shape index (κ3) is 14.4. The Labute approximate surface area is 99.5 Å². The van der Waals surface area contributed by atoms with Gasteiger partial charge in [0, 0.05) is 0 Å². The van der Waals surface area contributed by atoms with Crippen molar-refractivity contribution in [2.24, 2.45) is 0 Å². The molecule has 0 bridgehead atoms. The first-order valence-corrected chi connectivity index (χ1v) is 8.42. The van der Waals surface area contributed by atoms with Gasteiger partial charge in [-0.3, -0.25) is 0 Å². The summed E-state index contributed by atoms with van der Waals surface area (Å²) in [6.07, 6.45) is 0. The molecule has 0 unspecified atom stereocenters. The third-order valence-corrected chi connectivity index (χ3v) is 3.70. The van der Waals surface area contributed by atoms with Crippen LogP contribution in [0.5, 0.6) is 0 Å². The molecule has 0 aromatic rings. The summed E-state index contributed by atoms with van der Waals surface area (Å²) in [5.74, 6) is 0. The fraction of sp³-hybridized carbons (Fsp3) is 1.00. The van der Waals surface area contributed by atoms with E-state index in [2.05, 4.69) is 0 Å². The van der Waals surface area contributed by atoms with Crippen LogP contribution in [0.4, 0.5) is 0 Å². The van der Waals surface area contributed by atoms with E-state index in [4.69, 9.17) is 14.2 Å². The summed E-state index contributed by atoms with van der Waals surface area (Å²) in [5.41, 5.74) is 2.57. The van der Waals surface area contributed by atoms with Gasteiger partial charge in [-0.1, -0.05) is 13.8 Å². The van der Waals surface area contributed by atoms with Crippen molar-refractivity contribution >= 4 is 0 Å². The van der Waals surface area contributed by atoms with E-state index in [1.165, 1.54) is 0 Å².